The molecular formula is C15H20N4O4. The van der Waals surface area contributed by atoms with Crippen LogP contribution in [0.3, 0.4) is 0 Å². The lowest BCUT2D eigenvalue weighted by Crippen LogP contribution is -2.49. The van der Waals surface area contributed by atoms with Gasteiger partial charge in [0.2, 0.25) is 5.91 Å². The van der Waals surface area contributed by atoms with Crippen LogP contribution in [-0.2, 0) is 11.3 Å². The number of amides is 1. The fourth-order valence-electron chi connectivity index (χ4n) is 3.55. The van der Waals surface area contributed by atoms with Crippen molar-refractivity contribution in [3.05, 3.63) is 38.8 Å². The Kier molecular flexibility index (Phi) is 4.16. The number of nitro groups is 1. The van der Waals surface area contributed by atoms with Gasteiger partial charge in [0, 0.05) is 37.3 Å². The number of aromatic nitrogens is 1. The summed E-state index contributed by atoms with van der Waals surface area (Å²) in [5.41, 5.74) is -0.609. The van der Waals surface area contributed by atoms with E-state index in [2.05, 4.69) is 5.32 Å². The second-order valence-electron chi connectivity index (χ2n) is 6.38. The van der Waals surface area contributed by atoms with Gasteiger partial charge in [-0.1, -0.05) is 0 Å². The number of pyridine rings is 1. The van der Waals surface area contributed by atoms with E-state index < -0.39 is 10.5 Å². The predicted octanol–water partition coefficient (Wildman–Crippen LogP) is 0.498. The molecule has 0 radical (unpaired) electrons. The van der Waals surface area contributed by atoms with Crippen LogP contribution < -0.4 is 10.9 Å². The molecule has 0 aromatic carbocycles. The monoisotopic (exact) mass is 320 g/mol. The van der Waals surface area contributed by atoms with Gasteiger partial charge in [-0.2, -0.15) is 0 Å². The Morgan fingerprint density at radius 2 is 2.04 bits per heavy atom. The van der Waals surface area contributed by atoms with Gasteiger partial charge in [0.15, 0.2) is 0 Å². The number of nitrogens with one attached hydrogen (secondary N) is 1. The Balaban J connectivity index is 1.70. The number of carbonyl (C=O) groups is 1. The number of rotatable bonds is 4. The smallest absolute Gasteiger partial charge is 0.285 e. The van der Waals surface area contributed by atoms with Crippen LogP contribution in [-0.4, -0.2) is 45.5 Å². The summed E-state index contributed by atoms with van der Waals surface area (Å²) >= 11 is 0. The minimum atomic E-state index is -0.575. The number of hydrogen-bond acceptors (Lipinski definition) is 5. The number of likely N-dealkylation sites (N-methyl/N-ethyl adjacent to an activating group) is 1. The first-order valence-corrected chi connectivity index (χ1v) is 7.80. The molecule has 3 rings (SSSR count). The number of fused-ring (bicyclic) bond motifs is 2. The molecule has 1 aromatic rings. The molecule has 2 aliphatic rings. The summed E-state index contributed by atoms with van der Waals surface area (Å²) in [6.45, 7) is -0.170. The van der Waals surface area contributed by atoms with Crippen molar-refractivity contribution >= 4 is 11.6 Å². The van der Waals surface area contributed by atoms with Crippen LogP contribution in [0.25, 0.3) is 0 Å². The first-order chi connectivity index (χ1) is 10.9. The van der Waals surface area contributed by atoms with E-state index >= 15 is 0 Å². The van der Waals surface area contributed by atoms with Crippen LogP contribution in [0.4, 0.5) is 5.69 Å². The van der Waals surface area contributed by atoms with Gasteiger partial charge in [-0.15, -0.1) is 0 Å². The van der Waals surface area contributed by atoms with Crippen LogP contribution in [0, 0.1) is 10.1 Å². The number of carbonyl (C=O) groups excluding carboxylic acids is 1. The molecule has 2 bridgehead atoms. The van der Waals surface area contributed by atoms with Gasteiger partial charge in [-0.25, -0.2) is 0 Å². The lowest BCUT2D eigenvalue weighted by molar-refractivity contribution is -0.385. The molecule has 2 saturated heterocycles. The van der Waals surface area contributed by atoms with E-state index in [0.717, 1.165) is 48.6 Å². The molecule has 3 heterocycles. The van der Waals surface area contributed by atoms with Crippen LogP contribution in [0.2, 0.25) is 0 Å². The van der Waals surface area contributed by atoms with E-state index in [1.165, 1.54) is 0 Å². The van der Waals surface area contributed by atoms with Crippen LogP contribution in [0.15, 0.2) is 23.1 Å². The van der Waals surface area contributed by atoms with Crippen molar-refractivity contribution in [2.45, 2.75) is 50.4 Å². The molecule has 1 N–H and O–H groups in total. The van der Waals surface area contributed by atoms with Crippen molar-refractivity contribution in [3.63, 3.8) is 0 Å². The first-order valence-electron chi connectivity index (χ1n) is 7.80. The zero-order valence-electron chi connectivity index (χ0n) is 13.0. The molecule has 2 unspecified atom stereocenters. The Hall–Kier alpha value is -2.22. The van der Waals surface area contributed by atoms with E-state index in [9.17, 15) is 19.7 Å². The van der Waals surface area contributed by atoms with Crippen molar-refractivity contribution in [2.75, 3.05) is 7.05 Å². The summed E-state index contributed by atoms with van der Waals surface area (Å²) in [6, 6.07) is 3.37. The Morgan fingerprint density at radius 1 is 1.39 bits per heavy atom. The maximum Gasteiger partial charge on any atom is 0.285 e. The van der Waals surface area contributed by atoms with E-state index in [1.54, 1.807) is 11.9 Å². The van der Waals surface area contributed by atoms with Gasteiger partial charge in [0.25, 0.3) is 11.2 Å². The molecule has 2 atom stereocenters. The third-order valence-corrected chi connectivity index (χ3v) is 4.87. The Labute approximate surface area is 133 Å². The SMILES string of the molecule is CN(C(=O)Cn1cc([N+](=O)[O-])ccc1=O)C1CC2CCC(C1)N2. The summed E-state index contributed by atoms with van der Waals surface area (Å²) in [7, 11) is 1.75. The van der Waals surface area contributed by atoms with E-state index in [0.29, 0.717) is 12.1 Å². The molecule has 1 amide bonds. The standard InChI is InChI=1S/C15H20N4O4/c1-17(13-6-10-2-3-11(7-13)16-10)15(21)9-18-8-12(19(22)23)4-5-14(18)20/h4-5,8,10-11,13,16H,2-3,6-7,9H2,1H3. The maximum atomic E-state index is 12.5. The van der Waals surface area contributed by atoms with Crippen LogP contribution in [0.1, 0.15) is 25.7 Å². The number of hydrogen-bond donors (Lipinski definition) is 1. The molecule has 8 heteroatoms. The molecule has 0 aliphatic carbocycles. The largest absolute Gasteiger partial charge is 0.341 e. The highest BCUT2D eigenvalue weighted by molar-refractivity contribution is 5.76. The maximum absolute atomic E-state index is 12.5. The highest BCUT2D eigenvalue weighted by Crippen LogP contribution is 2.29. The molecule has 2 fully saturated rings. The average Bonchev–Trinajstić information content (AvgIpc) is 2.86. The van der Waals surface area contributed by atoms with E-state index in [-0.39, 0.29) is 24.2 Å². The third kappa shape index (κ3) is 3.26. The molecule has 8 nitrogen and oxygen atoms in total. The fourth-order valence-corrected chi connectivity index (χ4v) is 3.55. The molecule has 2 aliphatic heterocycles. The van der Waals surface area contributed by atoms with Crippen molar-refractivity contribution in [2.24, 2.45) is 0 Å². The third-order valence-electron chi connectivity index (χ3n) is 4.87. The predicted molar refractivity (Wildman–Crippen MR) is 83.1 cm³/mol. The lowest BCUT2D eigenvalue weighted by atomic mass is 9.98. The average molecular weight is 320 g/mol. The van der Waals surface area contributed by atoms with Gasteiger partial charge < -0.3 is 10.2 Å². The minimum Gasteiger partial charge on any atom is -0.341 e. The van der Waals surface area contributed by atoms with Gasteiger partial charge >= 0.3 is 0 Å². The normalized spacial score (nSPS) is 26.0. The zero-order valence-corrected chi connectivity index (χ0v) is 13.0. The molecule has 23 heavy (non-hydrogen) atoms. The molecular weight excluding hydrogens is 300 g/mol. The number of piperidine rings is 1. The van der Waals surface area contributed by atoms with E-state index in [4.69, 9.17) is 0 Å². The van der Waals surface area contributed by atoms with Gasteiger partial charge in [-0.3, -0.25) is 24.3 Å². The summed E-state index contributed by atoms with van der Waals surface area (Å²) in [6.07, 6.45) is 5.26. The van der Waals surface area contributed by atoms with Crippen molar-refractivity contribution in [1.29, 1.82) is 0 Å². The summed E-state index contributed by atoms with van der Waals surface area (Å²) in [5.74, 6) is -0.195. The van der Waals surface area contributed by atoms with Crippen molar-refractivity contribution in [1.82, 2.24) is 14.8 Å². The summed E-state index contributed by atoms with van der Waals surface area (Å²) in [5, 5.41) is 14.3. The lowest BCUT2D eigenvalue weighted by Gasteiger charge is -2.35. The minimum absolute atomic E-state index is 0.163. The van der Waals surface area contributed by atoms with Crippen LogP contribution in [0.5, 0.6) is 0 Å². The second-order valence-corrected chi connectivity index (χ2v) is 6.38. The molecule has 0 spiro atoms. The summed E-state index contributed by atoms with van der Waals surface area (Å²) < 4.78 is 1.10. The number of nitrogens with zero attached hydrogens (tertiary/aromatic N) is 3. The Bertz CT molecular complexity index is 674. The highest BCUT2D eigenvalue weighted by Gasteiger charge is 2.36. The zero-order chi connectivity index (χ0) is 16.6. The topological polar surface area (TPSA) is 97.5 Å². The first kappa shape index (κ1) is 15.7. The van der Waals surface area contributed by atoms with Crippen molar-refractivity contribution < 1.29 is 9.72 Å². The fraction of sp³-hybridized carbons (Fsp3) is 0.600. The van der Waals surface area contributed by atoms with E-state index in [1.807, 2.05) is 0 Å². The Morgan fingerprint density at radius 3 is 2.65 bits per heavy atom. The van der Waals surface area contributed by atoms with Gasteiger partial charge in [0.1, 0.15) is 6.54 Å². The van der Waals surface area contributed by atoms with Gasteiger partial charge in [-0.05, 0) is 25.7 Å². The molecule has 1 aromatic heterocycles. The quantitative estimate of drug-likeness (QED) is 0.643. The second kappa shape index (κ2) is 6.11. The van der Waals surface area contributed by atoms with Gasteiger partial charge in [0.05, 0.1) is 11.1 Å². The molecule has 124 valence electrons. The van der Waals surface area contributed by atoms with Crippen LogP contribution >= 0.6 is 0 Å². The molecule has 0 saturated carbocycles. The highest BCUT2D eigenvalue weighted by atomic mass is 16.6. The summed E-state index contributed by atoms with van der Waals surface area (Å²) in [4.78, 5) is 36.2. The van der Waals surface area contributed by atoms with Crippen molar-refractivity contribution in [3.8, 4) is 0 Å².